The lowest BCUT2D eigenvalue weighted by molar-refractivity contribution is -0.384. The highest BCUT2D eigenvalue weighted by Crippen LogP contribution is 2.32. The fourth-order valence-corrected chi connectivity index (χ4v) is 2.68. The quantitative estimate of drug-likeness (QED) is 0.368. The smallest absolute Gasteiger partial charge is 0.416 e. The Labute approximate surface area is 161 Å². The Morgan fingerprint density at radius 2 is 1.76 bits per heavy atom. The Kier molecular flexibility index (Phi) is 4.38. The molecule has 0 aliphatic heterocycles. The van der Waals surface area contributed by atoms with Crippen LogP contribution in [0, 0.1) is 10.1 Å². The Morgan fingerprint density at radius 1 is 1.00 bits per heavy atom. The van der Waals surface area contributed by atoms with Crippen LogP contribution in [-0.2, 0) is 6.18 Å². The van der Waals surface area contributed by atoms with Crippen LogP contribution in [0.4, 0.5) is 18.9 Å². The van der Waals surface area contributed by atoms with E-state index in [9.17, 15) is 23.3 Å². The van der Waals surface area contributed by atoms with Crippen LogP contribution in [-0.4, -0.2) is 19.9 Å². The Morgan fingerprint density at radius 3 is 2.45 bits per heavy atom. The Hall–Kier alpha value is -3.95. The van der Waals surface area contributed by atoms with E-state index >= 15 is 0 Å². The number of non-ortho nitro benzene ring substituents is 1. The molecule has 4 rings (SSSR count). The summed E-state index contributed by atoms with van der Waals surface area (Å²) in [5.74, 6) is 1.06. The van der Waals surface area contributed by atoms with Gasteiger partial charge in [0.15, 0.2) is 5.82 Å². The topological polar surface area (TPSA) is 93.9 Å². The second kappa shape index (κ2) is 6.89. The number of nitro benzene ring substituents is 1. The van der Waals surface area contributed by atoms with Crippen molar-refractivity contribution < 1.29 is 22.8 Å². The first-order valence-electron chi connectivity index (χ1n) is 8.25. The third-order valence-electron chi connectivity index (χ3n) is 4.07. The van der Waals surface area contributed by atoms with Gasteiger partial charge in [-0.05, 0) is 36.4 Å². The molecule has 0 unspecified atom stereocenters. The van der Waals surface area contributed by atoms with E-state index in [1.165, 1.54) is 36.5 Å². The van der Waals surface area contributed by atoms with Gasteiger partial charge in [0, 0.05) is 24.4 Å². The van der Waals surface area contributed by atoms with Crippen molar-refractivity contribution in [2.75, 3.05) is 0 Å². The zero-order chi connectivity index (χ0) is 20.6. The molecule has 1 N–H and O–H groups in total. The average Bonchev–Trinajstić information content (AvgIpc) is 3.11. The number of H-pyrrole nitrogens is 1. The third kappa shape index (κ3) is 3.86. The second-order valence-electron chi connectivity index (χ2n) is 6.04. The lowest BCUT2D eigenvalue weighted by Crippen LogP contribution is -2.04. The van der Waals surface area contributed by atoms with E-state index in [1.54, 1.807) is 12.1 Å². The standard InChI is InChI=1S/C19H11F3N4O3/c20-19(21,22)11-1-6-15-16(9-11)25-18(24-15)17-10-14(7-8-23-17)29-13-4-2-12(3-5-13)26(27)28/h1-10H,(H,24,25). The fourth-order valence-electron chi connectivity index (χ4n) is 2.68. The van der Waals surface area contributed by atoms with Crippen LogP contribution < -0.4 is 4.74 Å². The van der Waals surface area contributed by atoms with E-state index in [1.807, 2.05) is 0 Å². The van der Waals surface area contributed by atoms with E-state index < -0.39 is 16.7 Å². The van der Waals surface area contributed by atoms with Crippen molar-refractivity contribution in [3.05, 3.63) is 76.5 Å². The van der Waals surface area contributed by atoms with E-state index in [2.05, 4.69) is 15.0 Å². The molecule has 0 bridgehead atoms. The molecule has 0 spiro atoms. The highest BCUT2D eigenvalue weighted by molar-refractivity contribution is 5.79. The van der Waals surface area contributed by atoms with Gasteiger partial charge in [-0.15, -0.1) is 0 Å². The highest BCUT2D eigenvalue weighted by atomic mass is 19.4. The minimum absolute atomic E-state index is 0.0618. The molecule has 7 nitrogen and oxygen atoms in total. The van der Waals surface area contributed by atoms with Crippen LogP contribution in [0.1, 0.15) is 5.56 Å². The van der Waals surface area contributed by atoms with Gasteiger partial charge < -0.3 is 9.72 Å². The first-order chi connectivity index (χ1) is 13.8. The molecule has 29 heavy (non-hydrogen) atoms. The number of hydrogen-bond donors (Lipinski definition) is 1. The highest BCUT2D eigenvalue weighted by Gasteiger charge is 2.30. The minimum atomic E-state index is -4.45. The number of alkyl halides is 3. The number of pyridine rings is 1. The van der Waals surface area contributed by atoms with Gasteiger partial charge in [0.25, 0.3) is 5.69 Å². The molecule has 0 saturated carbocycles. The molecule has 2 aromatic carbocycles. The summed E-state index contributed by atoms with van der Waals surface area (Å²) < 4.78 is 44.3. The van der Waals surface area contributed by atoms with Crippen LogP contribution >= 0.6 is 0 Å². The summed E-state index contributed by atoms with van der Waals surface area (Å²) in [6, 6.07) is 11.9. The monoisotopic (exact) mass is 400 g/mol. The molecular weight excluding hydrogens is 389 g/mol. The lowest BCUT2D eigenvalue weighted by atomic mass is 10.2. The Bertz CT molecular complexity index is 1200. The number of aromatic nitrogens is 3. The fraction of sp³-hybridized carbons (Fsp3) is 0.0526. The molecule has 0 aliphatic carbocycles. The molecule has 0 radical (unpaired) electrons. The van der Waals surface area contributed by atoms with Crippen molar-refractivity contribution in [2.24, 2.45) is 0 Å². The van der Waals surface area contributed by atoms with Crippen molar-refractivity contribution in [1.29, 1.82) is 0 Å². The number of benzene rings is 2. The van der Waals surface area contributed by atoms with Gasteiger partial charge in [-0.25, -0.2) is 4.98 Å². The molecule has 2 aromatic heterocycles. The summed E-state index contributed by atoms with van der Waals surface area (Å²) in [5.41, 5.74) is 0.139. The molecule has 0 saturated heterocycles. The number of nitro groups is 1. The third-order valence-corrected chi connectivity index (χ3v) is 4.07. The molecule has 146 valence electrons. The largest absolute Gasteiger partial charge is 0.457 e. The maximum Gasteiger partial charge on any atom is 0.416 e. The normalized spacial score (nSPS) is 11.6. The lowest BCUT2D eigenvalue weighted by Gasteiger charge is -2.06. The first kappa shape index (κ1) is 18.4. The van der Waals surface area contributed by atoms with Crippen LogP contribution in [0.25, 0.3) is 22.6 Å². The van der Waals surface area contributed by atoms with Crippen molar-refractivity contribution in [3.63, 3.8) is 0 Å². The van der Waals surface area contributed by atoms with E-state index in [-0.39, 0.29) is 17.0 Å². The second-order valence-corrected chi connectivity index (χ2v) is 6.04. The van der Waals surface area contributed by atoms with Gasteiger partial charge in [0.2, 0.25) is 0 Å². The van der Waals surface area contributed by atoms with Crippen LogP contribution in [0.2, 0.25) is 0 Å². The first-order valence-corrected chi connectivity index (χ1v) is 8.25. The zero-order valence-electron chi connectivity index (χ0n) is 14.5. The number of halogens is 3. The van der Waals surface area contributed by atoms with E-state index in [4.69, 9.17) is 4.74 Å². The van der Waals surface area contributed by atoms with Crippen molar-refractivity contribution in [2.45, 2.75) is 6.18 Å². The van der Waals surface area contributed by atoms with Crippen molar-refractivity contribution in [1.82, 2.24) is 15.0 Å². The number of aromatic amines is 1. The van der Waals surface area contributed by atoms with Gasteiger partial charge >= 0.3 is 6.18 Å². The summed E-state index contributed by atoms with van der Waals surface area (Å²) in [6.07, 6.45) is -2.99. The summed E-state index contributed by atoms with van der Waals surface area (Å²) in [5, 5.41) is 10.7. The number of nitrogens with one attached hydrogen (secondary N) is 1. The van der Waals surface area contributed by atoms with Gasteiger partial charge in [0.1, 0.15) is 17.2 Å². The molecule has 0 aliphatic rings. The number of ether oxygens (including phenoxy) is 1. The molecule has 4 aromatic rings. The summed E-state index contributed by atoms with van der Waals surface area (Å²) in [6.45, 7) is 0. The summed E-state index contributed by atoms with van der Waals surface area (Å²) in [4.78, 5) is 21.5. The summed E-state index contributed by atoms with van der Waals surface area (Å²) >= 11 is 0. The maximum atomic E-state index is 12.9. The van der Waals surface area contributed by atoms with Crippen molar-refractivity contribution in [3.8, 4) is 23.0 Å². The number of imidazole rings is 1. The van der Waals surface area contributed by atoms with E-state index in [0.717, 1.165) is 12.1 Å². The predicted octanol–water partition coefficient (Wildman–Crippen LogP) is 5.34. The molecule has 0 atom stereocenters. The summed E-state index contributed by atoms with van der Waals surface area (Å²) in [7, 11) is 0. The Balaban J connectivity index is 1.62. The number of fused-ring (bicyclic) bond motifs is 1. The molecule has 0 amide bonds. The van der Waals surface area contributed by atoms with Gasteiger partial charge in [-0.1, -0.05) is 0 Å². The number of rotatable bonds is 4. The van der Waals surface area contributed by atoms with Crippen LogP contribution in [0.15, 0.2) is 60.8 Å². The minimum Gasteiger partial charge on any atom is -0.457 e. The molecule has 0 fully saturated rings. The molecule has 2 heterocycles. The number of hydrogen-bond acceptors (Lipinski definition) is 5. The van der Waals surface area contributed by atoms with Gasteiger partial charge in [-0.3, -0.25) is 15.1 Å². The van der Waals surface area contributed by atoms with Gasteiger partial charge in [-0.2, -0.15) is 13.2 Å². The maximum absolute atomic E-state index is 12.9. The van der Waals surface area contributed by atoms with Crippen LogP contribution in [0.5, 0.6) is 11.5 Å². The van der Waals surface area contributed by atoms with Gasteiger partial charge in [0.05, 0.1) is 21.5 Å². The van der Waals surface area contributed by atoms with Crippen LogP contribution in [0.3, 0.4) is 0 Å². The van der Waals surface area contributed by atoms with E-state index in [0.29, 0.717) is 22.7 Å². The average molecular weight is 400 g/mol. The zero-order valence-corrected chi connectivity index (χ0v) is 14.5. The van der Waals surface area contributed by atoms with Crippen molar-refractivity contribution >= 4 is 16.7 Å². The molecular formula is C19H11F3N4O3. The SMILES string of the molecule is O=[N+]([O-])c1ccc(Oc2ccnc(-c3nc4ccc(C(F)(F)F)cc4[nH]3)c2)cc1. The molecule has 10 heteroatoms. The predicted molar refractivity (Wildman–Crippen MR) is 97.5 cm³/mol. The number of nitrogens with zero attached hydrogens (tertiary/aromatic N) is 3.